The third-order valence-electron chi connectivity index (χ3n) is 2.15. The van der Waals surface area contributed by atoms with Crippen LogP contribution in [0.2, 0.25) is 0 Å². The second-order valence-corrected chi connectivity index (χ2v) is 3.81. The highest BCUT2D eigenvalue weighted by atomic mass is 17.2. The van der Waals surface area contributed by atoms with Crippen molar-refractivity contribution in [3.05, 3.63) is 0 Å². The molecule has 0 amide bonds. The third kappa shape index (κ3) is 8.42. The van der Waals surface area contributed by atoms with Crippen LogP contribution in [0.5, 0.6) is 0 Å². The smallest absolute Gasteiger partial charge is 0.287 e. The molecule has 0 rings (SSSR count). The Labute approximate surface area is 101 Å². The fourth-order valence-electron chi connectivity index (χ4n) is 1.19. The Balaban J connectivity index is 3.67. The summed E-state index contributed by atoms with van der Waals surface area (Å²) >= 11 is 0. The number of hydrogen-bond donors (Lipinski definition) is 0. The first-order valence-electron chi connectivity index (χ1n) is 6.06. The third-order valence-corrected chi connectivity index (χ3v) is 2.15. The molecule has 0 saturated heterocycles. The molecule has 0 aliphatic rings. The number of carbonyl (C=O) groups excluding carboxylic acids is 3. The van der Waals surface area contributed by atoms with Crippen LogP contribution in [0.3, 0.4) is 0 Å². The van der Waals surface area contributed by atoms with Crippen molar-refractivity contribution in [2.75, 3.05) is 0 Å². The zero-order chi connectivity index (χ0) is 13.1. The van der Waals surface area contributed by atoms with Crippen LogP contribution in [0, 0.1) is 0 Å². The highest BCUT2D eigenvalue weighted by Gasteiger charge is 2.17. The maximum Gasteiger partial charge on any atom is 0.421 e. The summed E-state index contributed by atoms with van der Waals surface area (Å²) in [5, 5.41) is 0. The van der Waals surface area contributed by atoms with Crippen molar-refractivity contribution in [1.29, 1.82) is 0 Å². The van der Waals surface area contributed by atoms with Crippen molar-refractivity contribution in [2.45, 2.75) is 58.8 Å². The Morgan fingerprint density at radius 2 is 1.53 bits per heavy atom. The molecule has 17 heavy (non-hydrogen) atoms. The molecule has 0 aliphatic heterocycles. The summed E-state index contributed by atoms with van der Waals surface area (Å²) in [4.78, 5) is 41.5. The topological polar surface area (TPSA) is 69.7 Å². The number of unbranched alkanes of at least 4 members (excludes halogenated alkanes) is 3. The van der Waals surface area contributed by atoms with Gasteiger partial charge in [0, 0.05) is 12.8 Å². The Bertz CT molecular complexity index is 260. The SMILES string of the molecule is CCCCCCC(=O)C(=O)OOC(=O)CCC. The van der Waals surface area contributed by atoms with Gasteiger partial charge in [0.15, 0.2) is 0 Å². The number of Topliss-reactive ketones (excluding diaryl/α,β-unsaturated/α-hetero) is 1. The van der Waals surface area contributed by atoms with E-state index in [4.69, 9.17) is 0 Å². The van der Waals surface area contributed by atoms with Crippen LogP contribution in [-0.2, 0) is 24.2 Å². The minimum atomic E-state index is -1.09. The predicted molar refractivity (Wildman–Crippen MR) is 60.9 cm³/mol. The molecule has 0 aliphatic carbocycles. The van der Waals surface area contributed by atoms with E-state index in [9.17, 15) is 14.4 Å². The van der Waals surface area contributed by atoms with E-state index in [2.05, 4.69) is 16.7 Å². The van der Waals surface area contributed by atoms with Crippen LogP contribution in [0.25, 0.3) is 0 Å². The van der Waals surface area contributed by atoms with Crippen molar-refractivity contribution in [3.63, 3.8) is 0 Å². The highest BCUT2D eigenvalue weighted by molar-refractivity contribution is 6.33. The summed E-state index contributed by atoms with van der Waals surface area (Å²) in [6.07, 6.45) is 4.57. The summed E-state index contributed by atoms with van der Waals surface area (Å²) in [6, 6.07) is 0. The van der Waals surface area contributed by atoms with E-state index in [0.717, 1.165) is 19.3 Å². The predicted octanol–water partition coefficient (Wildman–Crippen LogP) is 2.33. The molecule has 5 heteroatoms. The van der Waals surface area contributed by atoms with Gasteiger partial charge in [-0.3, -0.25) is 4.79 Å². The number of carbonyl (C=O) groups is 3. The molecule has 0 bridgehead atoms. The normalized spacial score (nSPS) is 9.76. The van der Waals surface area contributed by atoms with Crippen LogP contribution >= 0.6 is 0 Å². The zero-order valence-corrected chi connectivity index (χ0v) is 10.5. The first-order chi connectivity index (χ1) is 8.11. The highest BCUT2D eigenvalue weighted by Crippen LogP contribution is 2.04. The average Bonchev–Trinajstić information content (AvgIpc) is 2.31. The van der Waals surface area contributed by atoms with Crippen molar-refractivity contribution in [2.24, 2.45) is 0 Å². The molecule has 0 unspecified atom stereocenters. The lowest BCUT2D eigenvalue weighted by molar-refractivity contribution is -0.256. The molecule has 98 valence electrons. The van der Waals surface area contributed by atoms with E-state index in [-0.39, 0.29) is 12.8 Å². The van der Waals surface area contributed by atoms with Crippen LogP contribution < -0.4 is 0 Å². The minimum Gasteiger partial charge on any atom is -0.287 e. The first-order valence-corrected chi connectivity index (χ1v) is 6.06. The van der Waals surface area contributed by atoms with Gasteiger partial charge >= 0.3 is 11.9 Å². The summed E-state index contributed by atoms with van der Waals surface area (Å²) in [7, 11) is 0. The van der Waals surface area contributed by atoms with Crippen molar-refractivity contribution < 1.29 is 24.2 Å². The van der Waals surface area contributed by atoms with Crippen LogP contribution in [-0.4, -0.2) is 17.7 Å². The van der Waals surface area contributed by atoms with Gasteiger partial charge in [-0.25, -0.2) is 19.4 Å². The second-order valence-electron chi connectivity index (χ2n) is 3.81. The second kappa shape index (κ2) is 9.81. The molecule has 0 spiro atoms. The fraction of sp³-hybridized carbons (Fsp3) is 0.750. The Hall–Kier alpha value is -1.39. The molecule has 0 aromatic rings. The first kappa shape index (κ1) is 15.6. The van der Waals surface area contributed by atoms with E-state index in [1.54, 1.807) is 6.92 Å². The number of hydrogen-bond acceptors (Lipinski definition) is 5. The van der Waals surface area contributed by atoms with E-state index in [1.165, 1.54) is 0 Å². The van der Waals surface area contributed by atoms with Crippen molar-refractivity contribution in [1.82, 2.24) is 0 Å². The van der Waals surface area contributed by atoms with Crippen LogP contribution in [0.1, 0.15) is 58.8 Å². The largest absolute Gasteiger partial charge is 0.421 e. The Morgan fingerprint density at radius 1 is 0.824 bits per heavy atom. The minimum absolute atomic E-state index is 0.143. The van der Waals surface area contributed by atoms with E-state index >= 15 is 0 Å². The molecule has 0 N–H and O–H groups in total. The fourth-order valence-corrected chi connectivity index (χ4v) is 1.19. The lowest BCUT2D eigenvalue weighted by atomic mass is 10.1. The molecule has 5 nitrogen and oxygen atoms in total. The van der Waals surface area contributed by atoms with Gasteiger partial charge in [0.25, 0.3) is 0 Å². The van der Waals surface area contributed by atoms with Crippen LogP contribution in [0.4, 0.5) is 0 Å². The van der Waals surface area contributed by atoms with Gasteiger partial charge < -0.3 is 0 Å². The molecule has 0 atom stereocenters. The summed E-state index contributed by atoms with van der Waals surface area (Å²) < 4.78 is 0. The van der Waals surface area contributed by atoms with Crippen LogP contribution in [0.15, 0.2) is 0 Å². The summed E-state index contributed by atoms with van der Waals surface area (Å²) in [5.74, 6) is -2.38. The maximum absolute atomic E-state index is 11.2. The molecule has 0 aromatic carbocycles. The number of ketones is 1. The molecule has 0 radical (unpaired) electrons. The monoisotopic (exact) mass is 244 g/mol. The molecule has 0 fully saturated rings. The maximum atomic E-state index is 11.2. The molecule has 0 saturated carbocycles. The van der Waals surface area contributed by atoms with Crippen molar-refractivity contribution in [3.8, 4) is 0 Å². The average molecular weight is 244 g/mol. The number of rotatable bonds is 8. The summed E-state index contributed by atoms with van der Waals surface area (Å²) in [5.41, 5.74) is 0. The quantitative estimate of drug-likeness (QED) is 0.283. The zero-order valence-electron chi connectivity index (χ0n) is 10.5. The van der Waals surface area contributed by atoms with Gasteiger partial charge in [-0.1, -0.05) is 33.1 Å². The standard InChI is InChI=1S/C12H20O5/c1-3-5-6-7-9-10(13)12(15)17-16-11(14)8-4-2/h3-9H2,1-2H3. The molecular formula is C12H20O5. The Morgan fingerprint density at radius 3 is 2.12 bits per heavy atom. The van der Waals surface area contributed by atoms with E-state index in [1.807, 2.05) is 0 Å². The van der Waals surface area contributed by atoms with Crippen molar-refractivity contribution >= 4 is 17.7 Å². The summed E-state index contributed by atoms with van der Waals surface area (Å²) in [6.45, 7) is 3.85. The van der Waals surface area contributed by atoms with Gasteiger partial charge in [-0.05, 0) is 12.8 Å². The van der Waals surface area contributed by atoms with E-state index < -0.39 is 17.7 Å². The van der Waals surface area contributed by atoms with Gasteiger partial charge in [0.05, 0.1) is 0 Å². The van der Waals surface area contributed by atoms with Gasteiger partial charge in [0.1, 0.15) is 0 Å². The van der Waals surface area contributed by atoms with Gasteiger partial charge in [-0.15, -0.1) is 0 Å². The van der Waals surface area contributed by atoms with Gasteiger partial charge in [0.2, 0.25) is 5.78 Å². The lowest BCUT2D eigenvalue weighted by Gasteiger charge is -2.01. The van der Waals surface area contributed by atoms with Gasteiger partial charge in [-0.2, -0.15) is 0 Å². The molecule has 0 heterocycles. The Kier molecular flexibility index (Phi) is 9.01. The molecular weight excluding hydrogens is 224 g/mol. The lowest BCUT2D eigenvalue weighted by Crippen LogP contribution is -2.19. The van der Waals surface area contributed by atoms with E-state index in [0.29, 0.717) is 12.8 Å². The molecule has 0 aromatic heterocycles.